The number of rotatable bonds is 3. The molecule has 1 aliphatic rings. The molecule has 1 saturated carbocycles. The first kappa shape index (κ1) is 8.70. The number of hydrogen-bond donors (Lipinski definition) is 2. The van der Waals surface area contributed by atoms with Gasteiger partial charge in [-0.05, 0) is 18.9 Å². The first-order chi connectivity index (χ1) is 5.48. The second kappa shape index (κ2) is 2.58. The van der Waals surface area contributed by atoms with E-state index in [1.54, 1.807) is 0 Å². The van der Waals surface area contributed by atoms with Crippen molar-refractivity contribution in [1.29, 1.82) is 0 Å². The van der Waals surface area contributed by atoms with Gasteiger partial charge in [-0.3, -0.25) is 4.79 Å². The van der Waals surface area contributed by atoms with Crippen LogP contribution in [0, 0.1) is 5.41 Å². The standard InChI is InChI=1S/C7H7FO4/c8-4(5(9)10)3-7(1-2-7)6(11)12/h3H,1-2H2,(H,9,10)(H,11,12). The van der Waals surface area contributed by atoms with Crippen LogP contribution in [-0.2, 0) is 9.59 Å². The Morgan fingerprint density at radius 2 is 1.83 bits per heavy atom. The lowest BCUT2D eigenvalue weighted by molar-refractivity contribution is -0.141. The predicted molar refractivity (Wildman–Crippen MR) is 36.1 cm³/mol. The van der Waals surface area contributed by atoms with Gasteiger partial charge in [0.15, 0.2) is 0 Å². The molecule has 1 rings (SSSR count). The van der Waals surface area contributed by atoms with Crippen LogP contribution in [0.2, 0.25) is 0 Å². The Labute approximate surface area is 67.3 Å². The Hall–Kier alpha value is -1.39. The molecule has 0 saturated heterocycles. The summed E-state index contributed by atoms with van der Waals surface area (Å²) in [5.41, 5.74) is -1.25. The molecule has 5 heteroatoms. The normalized spacial score (nSPS) is 20.2. The zero-order chi connectivity index (χ0) is 9.35. The topological polar surface area (TPSA) is 74.6 Å². The summed E-state index contributed by atoms with van der Waals surface area (Å²) in [6, 6.07) is 0. The van der Waals surface area contributed by atoms with Gasteiger partial charge in [0.2, 0.25) is 5.83 Å². The minimum Gasteiger partial charge on any atom is -0.481 e. The van der Waals surface area contributed by atoms with Crippen LogP contribution in [0.1, 0.15) is 12.8 Å². The van der Waals surface area contributed by atoms with Crippen LogP contribution in [0.4, 0.5) is 4.39 Å². The monoisotopic (exact) mass is 174 g/mol. The zero-order valence-electron chi connectivity index (χ0n) is 6.08. The van der Waals surface area contributed by atoms with Gasteiger partial charge >= 0.3 is 11.9 Å². The predicted octanol–water partition coefficient (Wildman–Crippen LogP) is 0.789. The van der Waals surface area contributed by atoms with E-state index in [0.717, 1.165) is 0 Å². The summed E-state index contributed by atoms with van der Waals surface area (Å²) in [5.74, 6) is -4.28. The van der Waals surface area contributed by atoms with Crippen molar-refractivity contribution in [2.75, 3.05) is 0 Å². The largest absolute Gasteiger partial charge is 0.481 e. The van der Waals surface area contributed by atoms with Crippen molar-refractivity contribution in [1.82, 2.24) is 0 Å². The molecule has 0 aromatic heterocycles. The van der Waals surface area contributed by atoms with Crippen LogP contribution < -0.4 is 0 Å². The number of carboxylic acid groups (broad SMARTS) is 2. The van der Waals surface area contributed by atoms with Crippen molar-refractivity contribution in [3.8, 4) is 0 Å². The van der Waals surface area contributed by atoms with E-state index in [-0.39, 0.29) is 0 Å². The molecule has 0 radical (unpaired) electrons. The first-order valence-electron chi connectivity index (χ1n) is 3.33. The van der Waals surface area contributed by atoms with E-state index in [4.69, 9.17) is 10.2 Å². The molecule has 1 fully saturated rings. The molecule has 0 aromatic rings. The van der Waals surface area contributed by atoms with Gasteiger partial charge in [-0.15, -0.1) is 0 Å². The molecule has 0 heterocycles. The van der Waals surface area contributed by atoms with E-state index in [1.807, 2.05) is 0 Å². The van der Waals surface area contributed by atoms with E-state index >= 15 is 0 Å². The zero-order valence-corrected chi connectivity index (χ0v) is 6.08. The van der Waals surface area contributed by atoms with Crippen molar-refractivity contribution in [2.45, 2.75) is 12.8 Å². The summed E-state index contributed by atoms with van der Waals surface area (Å²) in [7, 11) is 0. The average molecular weight is 174 g/mol. The summed E-state index contributed by atoms with van der Waals surface area (Å²) in [6.45, 7) is 0. The van der Waals surface area contributed by atoms with Crippen molar-refractivity contribution in [2.24, 2.45) is 5.41 Å². The van der Waals surface area contributed by atoms with Crippen LogP contribution in [0.15, 0.2) is 11.9 Å². The van der Waals surface area contributed by atoms with E-state index in [0.29, 0.717) is 18.9 Å². The van der Waals surface area contributed by atoms with E-state index in [9.17, 15) is 14.0 Å². The number of aliphatic carboxylic acids is 2. The van der Waals surface area contributed by atoms with Crippen molar-refractivity contribution >= 4 is 11.9 Å². The third-order valence-electron chi connectivity index (χ3n) is 1.82. The van der Waals surface area contributed by atoms with Crippen molar-refractivity contribution in [3.05, 3.63) is 11.9 Å². The SMILES string of the molecule is O=C(O)C(F)=CC1(C(=O)O)CC1. The molecule has 0 spiro atoms. The summed E-state index contributed by atoms with van der Waals surface area (Å²) in [4.78, 5) is 20.4. The number of carbonyl (C=O) groups is 2. The van der Waals surface area contributed by atoms with Crippen LogP contribution in [0.25, 0.3) is 0 Å². The highest BCUT2D eigenvalue weighted by atomic mass is 19.1. The summed E-state index contributed by atoms with van der Waals surface area (Å²) >= 11 is 0. The molecule has 1 aliphatic carbocycles. The second-order valence-electron chi connectivity index (χ2n) is 2.76. The van der Waals surface area contributed by atoms with Crippen molar-refractivity contribution < 1.29 is 24.2 Å². The van der Waals surface area contributed by atoms with Gasteiger partial charge in [0, 0.05) is 0 Å². The Morgan fingerprint density at radius 1 is 1.33 bits per heavy atom. The Morgan fingerprint density at radius 3 is 2.08 bits per heavy atom. The van der Waals surface area contributed by atoms with Gasteiger partial charge < -0.3 is 10.2 Å². The van der Waals surface area contributed by atoms with Crippen LogP contribution in [-0.4, -0.2) is 22.2 Å². The molecule has 0 amide bonds. The Kier molecular flexibility index (Phi) is 1.87. The Balaban J connectivity index is 2.79. The number of hydrogen-bond acceptors (Lipinski definition) is 2. The number of halogens is 1. The number of carboxylic acids is 2. The highest BCUT2D eigenvalue weighted by molar-refractivity contribution is 5.87. The van der Waals surface area contributed by atoms with E-state index < -0.39 is 23.2 Å². The molecule has 12 heavy (non-hydrogen) atoms. The quantitative estimate of drug-likeness (QED) is 0.620. The van der Waals surface area contributed by atoms with Gasteiger partial charge in [-0.25, -0.2) is 4.79 Å². The molecule has 0 atom stereocenters. The summed E-state index contributed by atoms with van der Waals surface area (Å²) in [6.07, 6.45) is 1.28. The third kappa shape index (κ3) is 1.44. The molecule has 4 nitrogen and oxygen atoms in total. The first-order valence-corrected chi connectivity index (χ1v) is 3.33. The van der Waals surface area contributed by atoms with Gasteiger partial charge in [0.1, 0.15) is 0 Å². The fraction of sp³-hybridized carbons (Fsp3) is 0.429. The highest BCUT2D eigenvalue weighted by Crippen LogP contribution is 2.48. The lowest BCUT2D eigenvalue weighted by Crippen LogP contribution is -2.13. The Bertz CT molecular complexity index is 265. The molecular weight excluding hydrogens is 167 g/mol. The minimum absolute atomic E-state index is 0.309. The maximum absolute atomic E-state index is 12.4. The fourth-order valence-electron chi connectivity index (χ4n) is 0.859. The fourth-order valence-corrected chi connectivity index (χ4v) is 0.859. The third-order valence-corrected chi connectivity index (χ3v) is 1.82. The maximum Gasteiger partial charge on any atom is 0.364 e. The molecular formula is C7H7FO4. The second-order valence-corrected chi connectivity index (χ2v) is 2.76. The minimum atomic E-state index is -1.72. The maximum atomic E-state index is 12.4. The lowest BCUT2D eigenvalue weighted by Gasteiger charge is -2.00. The molecule has 0 bridgehead atoms. The molecule has 66 valence electrons. The van der Waals surface area contributed by atoms with Gasteiger partial charge in [-0.2, -0.15) is 4.39 Å². The van der Waals surface area contributed by atoms with Gasteiger partial charge in [0.25, 0.3) is 0 Å². The summed E-state index contributed by atoms with van der Waals surface area (Å²) < 4.78 is 12.4. The van der Waals surface area contributed by atoms with E-state index in [1.165, 1.54) is 0 Å². The van der Waals surface area contributed by atoms with E-state index in [2.05, 4.69) is 0 Å². The lowest BCUT2D eigenvalue weighted by atomic mass is 10.1. The molecule has 0 aliphatic heterocycles. The average Bonchev–Trinajstić information content (AvgIpc) is 2.68. The highest BCUT2D eigenvalue weighted by Gasteiger charge is 2.49. The summed E-state index contributed by atoms with van der Waals surface area (Å²) in [5, 5.41) is 16.6. The molecule has 0 unspecified atom stereocenters. The van der Waals surface area contributed by atoms with Crippen LogP contribution in [0.5, 0.6) is 0 Å². The molecule has 2 N–H and O–H groups in total. The van der Waals surface area contributed by atoms with Crippen molar-refractivity contribution in [3.63, 3.8) is 0 Å². The van der Waals surface area contributed by atoms with Crippen LogP contribution in [0.3, 0.4) is 0 Å². The van der Waals surface area contributed by atoms with Gasteiger partial charge in [0.05, 0.1) is 5.41 Å². The van der Waals surface area contributed by atoms with Crippen LogP contribution >= 0.6 is 0 Å². The smallest absolute Gasteiger partial charge is 0.364 e. The van der Waals surface area contributed by atoms with Gasteiger partial charge in [-0.1, -0.05) is 0 Å². The molecule has 0 aromatic carbocycles.